The molecule has 1 N–H and O–H groups in total. The molecule has 68 valence electrons. The van der Waals surface area contributed by atoms with Crippen LogP contribution < -0.4 is 0 Å². The Bertz CT molecular complexity index is 420. The first kappa shape index (κ1) is 8.75. The normalized spacial score (nSPS) is 10.9. The number of imidazole rings is 1. The highest BCUT2D eigenvalue weighted by atomic mass is 79.9. The van der Waals surface area contributed by atoms with Crippen molar-refractivity contribution in [2.75, 3.05) is 0 Å². The third-order valence-electron chi connectivity index (χ3n) is 2.00. The SMILES string of the molecule is CCCc1nc2c(Br)cccc2[nH]1. The maximum atomic E-state index is 4.50. The molecule has 2 nitrogen and oxygen atoms in total. The lowest BCUT2D eigenvalue weighted by Gasteiger charge is -1.88. The first-order valence-corrected chi connectivity index (χ1v) is 5.23. The number of aromatic nitrogens is 2. The van der Waals surface area contributed by atoms with Crippen molar-refractivity contribution in [2.24, 2.45) is 0 Å². The summed E-state index contributed by atoms with van der Waals surface area (Å²) < 4.78 is 1.06. The molecule has 2 rings (SSSR count). The third kappa shape index (κ3) is 1.61. The van der Waals surface area contributed by atoms with Crippen molar-refractivity contribution in [1.82, 2.24) is 9.97 Å². The van der Waals surface area contributed by atoms with Crippen molar-refractivity contribution < 1.29 is 0 Å². The summed E-state index contributed by atoms with van der Waals surface area (Å²) in [5, 5.41) is 0. The first-order chi connectivity index (χ1) is 6.31. The van der Waals surface area contributed by atoms with Crippen LogP contribution >= 0.6 is 15.9 Å². The Balaban J connectivity index is 2.55. The number of fused-ring (bicyclic) bond motifs is 1. The van der Waals surface area contributed by atoms with Crippen LogP contribution in [0.4, 0.5) is 0 Å². The van der Waals surface area contributed by atoms with E-state index in [1.807, 2.05) is 18.2 Å². The summed E-state index contributed by atoms with van der Waals surface area (Å²) in [5.41, 5.74) is 2.14. The van der Waals surface area contributed by atoms with Crippen LogP contribution in [0.2, 0.25) is 0 Å². The second-order valence-corrected chi connectivity index (χ2v) is 3.92. The molecule has 3 heteroatoms. The maximum Gasteiger partial charge on any atom is 0.107 e. The zero-order chi connectivity index (χ0) is 9.26. The zero-order valence-corrected chi connectivity index (χ0v) is 9.06. The Morgan fingerprint density at radius 2 is 2.31 bits per heavy atom. The minimum absolute atomic E-state index is 1.01. The number of rotatable bonds is 2. The lowest BCUT2D eigenvalue weighted by atomic mass is 10.3. The van der Waals surface area contributed by atoms with Crippen molar-refractivity contribution in [3.05, 3.63) is 28.5 Å². The van der Waals surface area contributed by atoms with E-state index in [4.69, 9.17) is 0 Å². The first-order valence-electron chi connectivity index (χ1n) is 4.44. The van der Waals surface area contributed by atoms with E-state index < -0.39 is 0 Å². The molecule has 0 amide bonds. The lowest BCUT2D eigenvalue weighted by Crippen LogP contribution is -1.84. The highest BCUT2D eigenvalue weighted by molar-refractivity contribution is 9.10. The zero-order valence-electron chi connectivity index (χ0n) is 7.47. The van der Waals surface area contributed by atoms with Gasteiger partial charge in [-0.25, -0.2) is 4.98 Å². The van der Waals surface area contributed by atoms with Crippen LogP contribution in [0.15, 0.2) is 22.7 Å². The van der Waals surface area contributed by atoms with Crippen LogP contribution in [-0.2, 0) is 6.42 Å². The van der Waals surface area contributed by atoms with Gasteiger partial charge in [-0.1, -0.05) is 13.0 Å². The Morgan fingerprint density at radius 1 is 1.46 bits per heavy atom. The molecule has 13 heavy (non-hydrogen) atoms. The Kier molecular flexibility index (Phi) is 2.36. The summed E-state index contributed by atoms with van der Waals surface area (Å²) >= 11 is 3.48. The molecule has 1 aromatic carbocycles. The summed E-state index contributed by atoms with van der Waals surface area (Å²) in [6.45, 7) is 2.15. The minimum atomic E-state index is 1.01. The molecule has 0 aliphatic heterocycles. The summed E-state index contributed by atoms with van der Waals surface area (Å²) in [5.74, 6) is 1.07. The molecule has 0 unspecified atom stereocenters. The average Bonchev–Trinajstić information content (AvgIpc) is 2.49. The third-order valence-corrected chi connectivity index (χ3v) is 2.64. The van der Waals surface area contributed by atoms with E-state index in [0.717, 1.165) is 34.2 Å². The number of aromatic amines is 1. The number of aryl methyl sites for hydroxylation is 1. The number of halogens is 1. The predicted octanol–water partition coefficient (Wildman–Crippen LogP) is 3.28. The monoisotopic (exact) mass is 238 g/mol. The van der Waals surface area contributed by atoms with Crippen LogP contribution in [0.1, 0.15) is 19.2 Å². The highest BCUT2D eigenvalue weighted by Crippen LogP contribution is 2.21. The number of benzene rings is 1. The van der Waals surface area contributed by atoms with Crippen LogP contribution in [-0.4, -0.2) is 9.97 Å². The summed E-state index contributed by atoms with van der Waals surface area (Å²) in [6.07, 6.45) is 2.14. The van der Waals surface area contributed by atoms with Gasteiger partial charge in [-0.15, -0.1) is 0 Å². The molecule has 2 aromatic rings. The van der Waals surface area contributed by atoms with Crippen molar-refractivity contribution in [3.63, 3.8) is 0 Å². The topological polar surface area (TPSA) is 28.7 Å². The second-order valence-electron chi connectivity index (χ2n) is 3.07. The number of para-hydroxylation sites is 1. The van der Waals surface area contributed by atoms with Crippen molar-refractivity contribution >= 4 is 27.0 Å². The fraction of sp³-hybridized carbons (Fsp3) is 0.300. The van der Waals surface area contributed by atoms with E-state index in [1.54, 1.807) is 0 Å². The van der Waals surface area contributed by atoms with Crippen molar-refractivity contribution in [3.8, 4) is 0 Å². The number of hydrogen-bond acceptors (Lipinski definition) is 1. The second kappa shape index (κ2) is 3.50. The van der Waals surface area contributed by atoms with Gasteiger partial charge >= 0.3 is 0 Å². The van der Waals surface area contributed by atoms with Crippen molar-refractivity contribution in [1.29, 1.82) is 0 Å². The summed E-state index contributed by atoms with van der Waals surface area (Å²) in [7, 11) is 0. The number of hydrogen-bond donors (Lipinski definition) is 1. The standard InChI is InChI=1S/C10H11BrN2/c1-2-4-9-12-8-6-3-5-7(11)10(8)13-9/h3,5-6H,2,4H2,1H3,(H,12,13). The maximum absolute atomic E-state index is 4.50. The molecule has 0 aliphatic rings. The molecule has 0 fully saturated rings. The van der Waals surface area contributed by atoms with Crippen molar-refractivity contribution in [2.45, 2.75) is 19.8 Å². The van der Waals surface area contributed by atoms with Gasteiger partial charge in [0.15, 0.2) is 0 Å². The van der Waals surface area contributed by atoms with Gasteiger partial charge in [0, 0.05) is 10.9 Å². The van der Waals surface area contributed by atoms with Crippen LogP contribution in [0, 0.1) is 0 Å². The quantitative estimate of drug-likeness (QED) is 0.855. The van der Waals surface area contributed by atoms with Gasteiger partial charge in [-0.05, 0) is 34.5 Å². The number of H-pyrrole nitrogens is 1. The fourth-order valence-electron chi connectivity index (χ4n) is 1.40. The Labute approximate surface area is 85.5 Å². The van der Waals surface area contributed by atoms with E-state index in [0.29, 0.717) is 0 Å². The van der Waals surface area contributed by atoms with E-state index in [1.165, 1.54) is 0 Å². The van der Waals surface area contributed by atoms with E-state index >= 15 is 0 Å². The lowest BCUT2D eigenvalue weighted by molar-refractivity contribution is 0.861. The van der Waals surface area contributed by atoms with E-state index in [2.05, 4.69) is 32.8 Å². The van der Waals surface area contributed by atoms with Gasteiger partial charge < -0.3 is 4.98 Å². The Morgan fingerprint density at radius 3 is 3.00 bits per heavy atom. The molecule has 1 heterocycles. The molecule has 0 bridgehead atoms. The van der Waals surface area contributed by atoms with Crippen LogP contribution in [0.3, 0.4) is 0 Å². The smallest absolute Gasteiger partial charge is 0.107 e. The van der Waals surface area contributed by atoms with Crippen LogP contribution in [0.25, 0.3) is 11.0 Å². The molecular weight excluding hydrogens is 228 g/mol. The average molecular weight is 239 g/mol. The molecular formula is C10H11BrN2. The molecule has 0 spiro atoms. The molecule has 0 aliphatic carbocycles. The van der Waals surface area contributed by atoms with Gasteiger partial charge in [0.25, 0.3) is 0 Å². The van der Waals surface area contributed by atoms with Gasteiger partial charge in [0.1, 0.15) is 11.3 Å². The van der Waals surface area contributed by atoms with E-state index in [9.17, 15) is 0 Å². The molecule has 0 atom stereocenters. The highest BCUT2D eigenvalue weighted by Gasteiger charge is 2.03. The molecule has 1 aromatic heterocycles. The number of nitrogens with one attached hydrogen (secondary N) is 1. The van der Waals surface area contributed by atoms with Gasteiger partial charge in [0.2, 0.25) is 0 Å². The van der Waals surface area contributed by atoms with Gasteiger partial charge in [-0.3, -0.25) is 0 Å². The number of nitrogens with zero attached hydrogens (tertiary/aromatic N) is 1. The van der Waals surface area contributed by atoms with Gasteiger partial charge in [0.05, 0.1) is 5.52 Å². The molecule has 0 radical (unpaired) electrons. The predicted molar refractivity (Wildman–Crippen MR) is 57.8 cm³/mol. The summed E-state index contributed by atoms with van der Waals surface area (Å²) in [4.78, 5) is 7.80. The minimum Gasteiger partial charge on any atom is -0.342 e. The largest absolute Gasteiger partial charge is 0.342 e. The van der Waals surface area contributed by atoms with Gasteiger partial charge in [-0.2, -0.15) is 0 Å². The Hall–Kier alpha value is -0.830. The van der Waals surface area contributed by atoms with E-state index in [-0.39, 0.29) is 0 Å². The summed E-state index contributed by atoms with van der Waals surface area (Å²) in [6, 6.07) is 6.07. The molecule has 0 saturated heterocycles. The van der Waals surface area contributed by atoms with Crippen LogP contribution in [0.5, 0.6) is 0 Å². The molecule has 0 saturated carbocycles. The fourth-order valence-corrected chi connectivity index (χ4v) is 1.86.